The molecule has 1 N–H and O–H groups in total. The van der Waals surface area contributed by atoms with E-state index < -0.39 is 0 Å². The van der Waals surface area contributed by atoms with Gasteiger partial charge in [0.05, 0.1) is 5.82 Å². The fourth-order valence-corrected chi connectivity index (χ4v) is 3.39. The minimum absolute atomic E-state index is 0.742. The van der Waals surface area contributed by atoms with Gasteiger partial charge in [-0.25, -0.2) is 0 Å². The molecule has 1 heterocycles. The van der Waals surface area contributed by atoms with Gasteiger partial charge in [-0.15, -0.1) is 0 Å². The first-order valence-corrected chi connectivity index (χ1v) is 9.62. The smallest absolute Gasteiger partial charge is 0.0987 e. The van der Waals surface area contributed by atoms with Crippen molar-refractivity contribution < 1.29 is 0 Å². The van der Waals surface area contributed by atoms with Gasteiger partial charge in [0.25, 0.3) is 0 Å². The van der Waals surface area contributed by atoms with Crippen LogP contribution in [0.2, 0.25) is 5.02 Å². The van der Waals surface area contributed by atoms with Crippen LogP contribution < -0.4 is 5.32 Å². The molecule has 0 saturated carbocycles. The van der Waals surface area contributed by atoms with Gasteiger partial charge >= 0.3 is 0 Å². The van der Waals surface area contributed by atoms with E-state index in [9.17, 15) is 0 Å². The summed E-state index contributed by atoms with van der Waals surface area (Å²) in [5.41, 5.74) is 5.38. The average molecular weight is 359 g/mol. The number of hydrogen-bond donors (Lipinski definition) is 1. The summed E-state index contributed by atoms with van der Waals surface area (Å²) in [5.74, 6) is 1.71. The fourth-order valence-electron chi connectivity index (χ4n) is 3.18. The van der Waals surface area contributed by atoms with E-state index in [0.29, 0.717) is 0 Å². The third-order valence-electron chi connectivity index (χ3n) is 4.61. The lowest BCUT2D eigenvalue weighted by molar-refractivity contribution is 0.359. The van der Waals surface area contributed by atoms with Gasteiger partial charge in [0.2, 0.25) is 0 Å². The van der Waals surface area contributed by atoms with Crippen LogP contribution in [0.1, 0.15) is 52.5 Å². The van der Waals surface area contributed by atoms with Crippen molar-refractivity contribution in [3.8, 4) is 0 Å². The zero-order valence-corrected chi connectivity index (χ0v) is 16.8. The summed E-state index contributed by atoms with van der Waals surface area (Å²) < 4.78 is 0. The lowest BCUT2D eigenvalue weighted by Crippen LogP contribution is -2.37. The quantitative estimate of drug-likeness (QED) is 0.618. The Hall–Kier alpha value is -1.67. The van der Waals surface area contributed by atoms with Crippen LogP contribution in [0, 0.1) is 5.92 Å². The number of nitrogens with zero attached hydrogens (tertiary/aromatic N) is 1. The zero-order valence-electron chi connectivity index (χ0n) is 16.0. The van der Waals surface area contributed by atoms with E-state index in [2.05, 4.69) is 56.6 Å². The standard InChI is InChI=1S/C22H31ClN2/c1-6-22-20(12-17(4)11-10-16(2)3)14-24-18(5)25(22)15-19-8-7-9-21(23)13-19/h7-9,12-13,16,24H,5-6,10-11,14-15H2,1-4H3/b17-12+. The monoisotopic (exact) mass is 358 g/mol. The van der Waals surface area contributed by atoms with Crippen molar-refractivity contribution in [3.63, 3.8) is 0 Å². The van der Waals surface area contributed by atoms with Crippen molar-refractivity contribution >= 4 is 11.6 Å². The van der Waals surface area contributed by atoms with Crippen LogP contribution in [0.25, 0.3) is 0 Å². The van der Waals surface area contributed by atoms with Gasteiger partial charge in [0.1, 0.15) is 0 Å². The Morgan fingerprint density at radius 2 is 2.16 bits per heavy atom. The predicted octanol–water partition coefficient (Wildman–Crippen LogP) is 6.26. The molecule has 1 aromatic rings. The summed E-state index contributed by atoms with van der Waals surface area (Å²) in [6.07, 6.45) is 5.76. The van der Waals surface area contributed by atoms with Crippen molar-refractivity contribution in [2.24, 2.45) is 5.92 Å². The molecule has 2 rings (SSSR count). The zero-order chi connectivity index (χ0) is 18.4. The molecule has 0 bridgehead atoms. The lowest BCUT2D eigenvalue weighted by atomic mass is 9.99. The molecule has 0 aliphatic carbocycles. The average Bonchev–Trinajstić information content (AvgIpc) is 2.56. The highest BCUT2D eigenvalue weighted by Crippen LogP contribution is 2.27. The largest absolute Gasteiger partial charge is 0.368 e. The number of allylic oxidation sites excluding steroid dienone is 2. The van der Waals surface area contributed by atoms with E-state index in [1.165, 1.54) is 28.8 Å². The lowest BCUT2D eigenvalue weighted by Gasteiger charge is -2.35. The van der Waals surface area contributed by atoms with Crippen LogP contribution in [0.3, 0.4) is 0 Å². The fraction of sp³-hybridized carbons (Fsp3) is 0.455. The third-order valence-corrected chi connectivity index (χ3v) is 4.84. The highest BCUT2D eigenvalue weighted by molar-refractivity contribution is 6.30. The molecule has 1 aromatic carbocycles. The van der Waals surface area contributed by atoms with Crippen LogP contribution in [0.4, 0.5) is 0 Å². The van der Waals surface area contributed by atoms with Gasteiger partial charge in [-0.05, 0) is 55.4 Å². The second-order valence-corrected chi connectivity index (χ2v) is 7.70. The van der Waals surface area contributed by atoms with Gasteiger partial charge in [-0.1, -0.05) is 62.7 Å². The summed E-state index contributed by atoms with van der Waals surface area (Å²) in [5, 5.41) is 4.23. The van der Waals surface area contributed by atoms with Crippen LogP contribution in [0.15, 0.2) is 59.6 Å². The van der Waals surface area contributed by atoms with Crippen molar-refractivity contribution in [2.75, 3.05) is 6.54 Å². The Morgan fingerprint density at radius 1 is 1.40 bits per heavy atom. The molecule has 0 saturated heterocycles. The van der Waals surface area contributed by atoms with E-state index in [0.717, 1.165) is 42.7 Å². The number of nitrogens with one attached hydrogen (secondary N) is 1. The molecule has 2 nitrogen and oxygen atoms in total. The van der Waals surface area contributed by atoms with Crippen LogP contribution in [-0.4, -0.2) is 11.4 Å². The summed E-state index contributed by atoms with van der Waals surface area (Å²) >= 11 is 6.15. The van der Waals surface area contributed by atoms with E-state index >= 15 is 0 Å². The van der Waals surface area contributed by atoms with E-state index in [-0.39, 0.29) is 0 Å². The Labute approximate surface area is 158 Å². The Morgan fingerprint density at radius 3 is 2.80 bits per heavy atom. The molecule has 0 spiro atoms. The first kappa shape index (κ1) is 19.7. The molecule has 3 heteroatoms. The molecule has 25 heavy (non-hydrogen) atoms. The van der Waals surface area contributed by atoms with Gasteiger partial charge < -0.3 is 10.2 Å². The number of benzene rings is 1. The molecular weight excluding hydrogens is 328 g/mol. The molecule has 0 radical (unpaired) electrons. The van der Waals surface area contributed by atoms with Gasteiger partial charge in [0.15, 0.2) is 0 Å². The molecule has 0 unspecified atom stereocenters. The second-order valence-electron chi connectivity index (χ2n) is 7.27. The topological polar surface area (TPSA) is 15.3 Å². The Bertz CT molecular complexity index is 670. The van der Waals surface area contributed by atoms with Crippen LogP contribution >= 0.6 is 11.6 Å². The van der Waals surface area contributed by atoms with Crippen molar-refractivity contribution in [3.05, 3.63) is 70.2 Å². The minimum Gasteiger partial charge on any atom is -0.368 e. The van der Waals surface area contributed by atoms with Gasteiger partial charge in [0, 0.05) is 23.8 Å². The maximum atomic E-state index is 6.15. The van der Waals surface area contributed by atoms with E-state index in [4.69, 9.17) is 11.6 Å². The third kappa shape index (κ3) is 5.67. The summed E-state index contributed by atoms with van der Waals surface area (Å²) in [6, 6.07) is 8.06. The van der Waals surface area contributed by atoms with Crippen molar-refractivity contribution in [1.29, 1.82) is 0 Å². The van der Waals surface area contributed by atoms with Crippen molar-refractivity contribution in [2.45, 2.75) is 53.5 Å². The maximum Gasteiger partial charge on any atom is 0.0987 e. The van der Waals surface area contributed by atoms with Crippen molar-refractivity contribution in [1.82, 2.24) is 10.2 Å². The number of halogens is 1. The Kier molecular flexibility index (Phi) is 7.19. The van der Waals surface area contributed by atoms with Crippen LogP contribution in [0.5, 0.6) is 0 Å². The summed E-state index contributed by atoms with van der Waals surface area (Å²) in [7, 11) is 0. The Balaban J connectivity index is 2.25. The number of hydrogen-bond acceptors (Lipinski definition) is 2. The highest BCUT2D eigenvalue weighted by Gasteiger charge is 2.20. The molecular formula is C22H31ClN2. The number of rotatable bonds is 7. The molecule has 1 aliphatic heterocycles. The molecule has 0 aromatic heterocycles. The first-order chi connectivity index (χ1) is 11.9. The first-order valence-electron chi connectivity index (χ1n) is 9.24. The highest BCUT2D eigenvalue weighted by atomic mass is 35.5. The van der Waals surface area contributed by atoms with E-state index in [1.54, 1.807) is 0 Å². The van der Waals surface area contributed by atoms with Gasteiger partial charge in [-0.3, -0.25) is 0 Å². The SMILES string of the molecule is C=C1NCC(/C=C(\C)CCC(C)C)=C(CC)N1Cc1cccc(Cl)c1. The molecule has 0 fully saturated rings. The molecule has 0 atom stereocenters. The molecule has 0 amide bonds. The van der Waals surface area contributed by atoms with Crippen LogP contribution in [-0.2, 0) is 6.54 Å². The summed E-state index contributed by atoms with van der Waals surface area (Å²) in [4.78, 5) is 2.29. The minimum atomic E-state index is 0.742. The van der Waals surface area contributed by atoms with E-state index in [1.807, 2.05) is 18.2 Å². The summed E-state index contributed by atoms with van der Waals surface area (Å²) in [6.45, 7) is 14.9. The molecule has 136 valence electrons. The molecule has 1 aliphatic rings. The maximum absolute atomic E-state index is 6.15. The van der Waals surface area contributed by atoms with Gasteiger partial charge in [-0.2, -0.15) is 0 Å². The second kappa shape index (κ2) is 9.15. The normalized spacial score (nSPS) is 15.8. The predicted molar refractivity (Wildman–Crippen MR) is 109 cm³/mol.